The zero-order chi connectivity index (χ0) is 15.6. The molecule has 0 aromatic heterocycles. The highest BCUT2D eigenvalue weighted by Crippen LogP contribution is 2.31. The van der Waals surface area contributed by atoms with Gasteiger partial charge in [-0.15, -0.1) is 0 Å². The van der Waals surface area contributed by atoms with Crippen molar-refractivity contribution in [3.05, 3.63) is 33.8 Å². The Morgan fingerprint density at radius 3 is 2.71 bits per heavy atom. The highest BCUT2D eigenvalue weighted by molar-refractivity contribution is 6.35. The molecule has 0 bridgehead atoms. The minimum atomic E-state index is -0.422. The molecule has 1 aromatic rings. The van der Waals surface area contributed by atoms with Crippen LogP contribution in [-0.4, -0.2) is 24.4 Å². The van der Waals surface area contributed by atoms with E-state index in [-0.39, 0.29) is 17.2 Å². The Morgan fingerprint density at radius 2 is 2.14 bits per heavy atom. The zero-order valence-electron chi connectivity index (χ0n) is 12.0. The molecule has 0 saturated carbocycles. The van der Waals surface area contributed by atoms with Gasteiger partial charge in [-0.05, 0) is 24.1 Å². The maximum absolute atomic E-state index is 12.0. The van der Waals surface area contributed by atoms with Gasteiger partial charge in [-0.3, -0.25) is 9.59 Å². The quantitative estimate of drug-likeness (QED) is 0.892. The third-order valence-corrected chi connectivity index (χ3v) is 4.22. The normalized spacial score (nSPS) is 18.5. The van der Waals surface area contributed by atoms with Crippen molar-refractivity contribution in [1.82, 2.24) is 10.6 Å². The molecule has 2 N–H and O–H groups in total. The fourth-order valence-electron chi connectivity index (χ4n) is 2.38. The van der Waals surface area contributed by atoms with Crippen LogP contribution in [0.5, 0.6) is 0 Å². The van der Waals surface area contributed by atoms with Crippen molar-refractivity contribution in [3.63, 3.8) is 0 Å². The van der Waals surface area contributed by atoms with Gasteiger partial charge in [0.1, 0.15) is 6.04 Å². The number of halogens is 2. The molecule has 1 aromatic carbocycles. The SMILES string of the molecule is CC(C)(CNC(=O)C1CCC(=O)N1)c1ccc(Cl)cc1Cl. The lowest BCUT2D eigenvalue weighted by molar-refractivity contribution is -0.125. The van der Waals surface area contributed by atoms with Crippen molar-refractivity contribution in [2.24, 2.45) is 0 Å². The molecule has 0 aliphatic carbocycles. The number of hydrogen-bond donors (Lipinski definition) is 2. The Labute approximate surface area is 134 Å². The van der Waals surface area contributed by atoms with Crippen LogP contribution in [-0.2, 0) is 15.0 Å². The summed E-state index contributed by atoms with van der Waals surface area (Å²) >= 11 is 12.1. The van der Waals surface area contributed by atoms with Gasteiger partial charge in [-0.1, -0.05) is 43.1 Å². The summed E-state index contributed by atoms with van der Waals surface area (Å²) < 4.78 is 0. The topological polar surface area (TPSA) is 58.2 Å². The Balaban J connectivity index is 2.00. The molecule has 0 spiro atoms. The number of carbonyl (C=O) groups excluding carboxylic acids is 2. The van der Waals surface area contributed by atoms with Gasteiger partial charge in [-0.2, -0.15) is 0 Å². The fourth-order valence-corrected chi connectivity index (χ4v) is 3.04. The summed E-state index contributed by atoms with van der Waals surface area (Å²) in [4.78, 5) is 23.2. The van der Waals surface area contributed by atoms with Crippen LogP contribution in [0, 0.1) is 0 Å². The molecule has 6 heteroatoms. The van der Waals surface area contributed by atoms with Crippen LogP contribution in [0.25, 0.3) is 0 Å². The smallest absolute Gasteiger partial charge is 0.242 e. The second kappa shape index (κ2) is 6.24. The zero-order valence-corrected chi connectivity index (χ0v) is 13.5. The van der Waals surface area contributed by atoms with Gasteiger partial charge < -0.3 is 10.6 Å². The minimum absolute atomic E-state index is 0.0739. The van der Waals surface area contributed by atoms with Crippen molar-refractivity contribution >= 4 is 35.0 Å². The maximum Gasteiger partial charge on any atom is 0.242 e. The van der Waals surface area contributed by atoms with E-state index in [0.717, 1.165) is 5.56 Å². The summed E-state index contributed by atoms with van der Waals surface area (Å²) in [7, 11) is 0. The summed E-state index contributed by atoms with van der Waals surface area (Å²) in [6.45, 7) is 4.42. The van der Waals surface area contributed by atoms with Gasteiger partial charge in [0.25, 0.3) is 0 Å². The van der Waals surface area contributed by atoms with E-state index in [1.807, 2.05) is 19.9 Å². The molecule has 1 heterocycles. The lowest BCUT2D eigenvalue weighted by atomic mass is 9.84. The van der Waals surface area contributed by atoms with E-state index in [9.17, 15) is 9.59 Å². The van der Waals surface area contributed by atoms with Gasteiger partial charge in [0.05, 0.1) is 0 Å². The first-order valence-electron chi connectivity index (χ1n) is 6.82. The highest BCUT2D eigenvalue weighted by Gasteiger charge is 2.29. The van der Waals surface area contributed by atoms with Gasteiger partial charge >= 0.3 is 0 Å². The van der Waals surface area contributed by atoms with Crippen LogP contribution in [0.3, 0.4) is 0 Å². The molecule has 2 amide bonds. The summed E-state index contributed by atoms with van der Waals surface area (Å²) in [6.07, 6.45) is 0.956. The molecule has 1 unspecified atom stereocenters. The van der Waals surface area contributed by atoms with E-state index in [2.05, 4.69) is 10.6 Å². The fraction of sp³-hybridized carbons (Fsp3) is 0.467. The molecule has 1 aliphatic heterocycles. The van der Waals surface area contributed by atoms with Crippen molar-refractivity contribution in [1.29, 1.82) is 0 Å². The van der Waals surface area contributed by atoms with E-state index in [1.165, 1.54) is 0 Å². The van der Waals surface area contributed by atoms with E-state index in [0.29, 0.717) is 29.4 Å². The molecule has 2 rings (SSSR count). The third-order valence-electron chi connectivity index (χ3n) is 3.68. The third kappa shape index (κ3) is 3.89. The van der Waals surface area contributed by atoms with Crippen LogP contribution < -0.4 is 10.6 Å². The number of amides is 2. The largest absolute Gasteiger partial charge is 0.353 e. The first-order valence-corrected chi connectivity index (χ1v) is 7.58. The van der Waals surface area contributed by atoms with E-state index >= 15 is 0 Å². The summed E-state index contributed by atoms with van der Waals surface area (Å²) in [5.41, 5.74) is 0.587. The lowest BCUT2D eigenvalue weighted by Crippen LogP contribution is -2.45. The second-order valence-corrected chi connectivity index (χ2v) is 6.73. The van der Waals surface area contributed by atoms with Crippen molar-refractivity contribution < 1.29 is 9.59 Å². The van der Waals surface area contributed by atoms with Crippen LogP contribution in [0.1, 0.15) is 32.3 Å². The molecule has 1 atom stereocenters. The second-order valence-electron chi connectivity index (χ2n) is 5.88. The summed E-state index contributed by atoms with van der Waals surface area (Å²) in [5, 5.41) is 6.69. The Hall–Kier alpha value is -1.26. The van der Waals surface area contributed by atoms with E-state index in [1.54, 1.807) is 12.1 Å². The molecule has 0 radical (unpaired) electrons. The molecule has 1 aliphatic rings. The molecule has 4 nitrogen and oxygen atoms in total. The van der Waals surface area contributed by atoms with Crippen LogP contribution in [0.2, 0.25) is 10.0 Å². The number of rotatable bonds is 4. The Bertz CT molecular complexity index is 573. The molecular formula is C15H18Cl2N2O2. The van der Waals surface area contributed by atoms with Crippen LogP contribution in [0.4, 0.5) is 0 Å². The van der Waals surface area contributed by atoms with Gasteiger partial charge in [0.15, 0.2) is 0 Å². The van der Waals surface area contributed by atoms with Gasteiger partial charge in [0.2, 0.25) is 11.8 Å². The van der Waals surface area contributed by atoms with Crippen molar-refractivity contribution in [3.8, 4) is 0 Å². The number of hydrogen-bond acceptors (Lipinski definition) is 2. The molecule has 1 saturated heterocycles. The average molecular weight is 329 g/mol. The highest BCUT2D eigenvalue weighted by atomic mass is 35.5. The Morgan fingerprint density at radius 1 is 1.43 bits per heavy atom. The number of carbonyl (C=O) groups is 2. The van der Waals surface area contributed by atoms with Crippen molar-refractivity contribution in [2.45, 2.75) is 38.1 Å². The maximum atomic E-state index is 12.0. The van der Waals surface area contributed by atoms with Gasteiger partial charge in [0, 0.05) is 28.4 Å². The average Bonchev–Trinajstić information content (AvgIpc) is 2.82. The summed E-state index contributed by atoms with van der Waals surface area (Å²) in [5.74, 6) is -0.228. The standard InChI is InChI=1S/C15H18Cl2N2O2/c1-15(2,10-4-3-9(16)7-11(10)17)8-18-14(21)12-5-6-13(20)19-12/h3-4,7,12H,5-6,8H2,1-2H3,(H,18,21)(H,19,20). The molecular weight excluding hydrogens is 311 g/mol. The predicted octanol–water partition coefficient (Wildman–Crippen LogP) is 2.67. The van der Waals surface area contributed by atoms with Gasteiger partial charge in [-0.25, -0.2) is 0 Å². The number of benzene rings is 1. The van der Waals surface area contributed by atoms with Crippen LogP contribution in [0.15, 0.2) is 18.2 Å². The first-order chi connectivity index (χ1) is 9.79. The van der Waals surface area contributed by atoms with Crippen LogP contribution >= 0.6 is 23.2 Å². The summed E-state index contributed by atoms with van der Waals surface area (Å²) in [6, 6.07) is 4.92. The number of nitrogens with one attached hydrogen (secondary N) is 2. The van der Waals surface area contributed by atoms with E-state index < -0.39 is 6.04 Å². The van der Waals surface area contributed by atoms with Crippen molar-refractivity contribution in [2.75, 3.05) is 6.54 Å². The molecule has 114 valence electrons. The first kappa shape index (κ1) is 16.1. The monoisotopic (exact) mass is 328 g/mol. The lowest BCUT2D eigenvalue weighted by Gasteiger charge is -2.27. The Kier molecular flexibility index (Phi) is 4.79. The predicted molar refractivity (Wildman–Crippen MR) is 83.7 cm³/mol. The van der Waals surface area contributed by atoms with E-state index in [4.69, 9.17) is 23.2 Å². The molecule has 21 heavy (non-hydrogen) atoms. The molecule has 1 fully saturated rings. The minimum Gasteiger partial charge on any atom is -0.353 e.